The molecule has 3 rings (SSSR count). The SMILES string of the molecule is CC[C@H](C)NC(=O)[C@H](C)N(Cc1cccc(Cl)c1)C(=O)CN(c1cccc(C)c1)S(=O)(=O)c1ccccc1. The summed E-state index contributed by atoms with van der Waals surface area (Å²) in [7, 11) is -4.08. The van der Waals surface area contributed by atoms with Gasteiger partial charge in [0.1, 0.15) is 12.6 Å². The lowest BCUT2D eigenvalue weighted by Gasteiger charge is -2.32. The van der Waals surface area contributed by atoms with Gasteiger partial charge in [-0.05, 0) is 74.7 Å². The van der Waals surface area contributed by atoms with E-state index in [4.69, 9.17) is 11.6 Å². The molecule has 7 nitrogen and oxygen atoms in total. The molecule has 0 saturated carbocycles. The molecule has 0 saturated heterocycles. The van der Waals surface area contributed by atoms with Gasteiger partial charge in [-0.15, -0.1) is 0 Å². The molecule has 3 aromatic carbocycles. The summed E-state index contributed by atoms with van der Waals surface area (Å²) in [5.41, 5.74) is 1.93. The Balaban J connectivity index is 2.02. The van der Waals surface area contributed by atoms with E-state index in [0.29, 0.717) is 10.7 Å². The lowest BCUT2D eigenvalue weighted by molar-refractivity contribution is -0.139. The van der Waals surface area contributed by atoms with Crippen LogP contribution in [-0.2, 0) is 26.2 Å². The Bertz CT molecular complexity index is 1370. The lowest BCUT2D eigenvalue weighted by atomic mass is 10.1. The van der Waals surface area contributed by atoms with E-state index < -0.39 is 28.5 Å². The van der Waals surface area contributed by atoms with Crippen LogP contribution >= 0.6 is 11.6 Å². The minimum atomic E-state index is -4.08. The first-order valence-electron chi connectivity index (χ1n) is 12.5. The number of nitrogens with zero attached hydrogens (tertiary/aromatic N) is 2. The summed E-state index contributed by atoms with van der Waals surface area (Å²) in [5.74, 6) is -0.833. The molecule has 0 heterocycles. The van der Waals surface area contributed by atoms with Crippen molar-refractivity contribution in [2.75, 3.05) is 10.8 Å². The summed E-state index contributed by atoms with van der Waals surface area (Å²) < 4.78 is 28.6. The summed E-state index contributed by atoms with van der Waals surface area (Å²) in [5, 5.41) is 3.42. The van der Waals surface area contributed by atoms with Crippen molar-refractivity contribution in [2.45, 2.75) is 57.6 Å². The number of hydrogen-bond acceptors (Lipinski definition) is 4. The summed E-state index contributed by atoms with van der Waals surface area (Å²) in [6.45, 7) is 6.94. The molecule has 1 N–H and O–H groups in total. The molecule has 2 amide bonds. The van der Waals surface area contributed by atoms with E-state index in [0.717, 1.165) is 21.9 Å². The standard InChI is InChI=1S/C29H34ClN3O4S/c1-5-22(3)31-29(35)23(4)32(19-24-12-10-13-25(30)18-24)28(34)20-33(26-14-9-11-21(2)17-26)38(36,37)27-15-7-6-8-16-27/h6-18,22-23H,5,19-20H2,1-4H3,(H,31,35)/t22-,23-/m0/s1. The van der Waals surface area contributed by atoms with E-state index in [1.54, 1.807) is 61.5 Å². The maximum atomic E-state index is 13.9. The van der Waals surface area contributed by atoms with Crippen molar-refractivity contribution in [1.29, 1.82) is 0 Å². The van der Waals surface area contributed by atoms with E-state index in [-0.39, 0.29) is 23.4 Å². The van der Waals surface area contributed by atoms with Crippen LogP contribution in [0.15, 0.2) is 83.8 Å². The largest absolute Gasteiger partial charge is 0.352 e. The topological polar surface area (TPSA) is 86.8 Å². The Hall–Kier alpha value is -3.36. The van der Waals surface area contributed by atoms with E-state index >= 15 is 0 Å². The molecular formula is C29H34ClN3O4S. The van der Waals surface area contributed by atoms with E-state index in [9.17, 15) is 18.0 Å². The number of aryl methyl sites for hydroxylation is 1. The van der Waals surface area contributed by atoms with Crippen LogP contribution < -0.4 is 9.62 Å². The van der Waals surface area contributed by atoms with Crippen LogP contribution in [0.2, 0.25) is 5.02 Å². The van der Waals surface area contributed by atoms with Crippen LogP contribution in [0.3, 0.4) is 0 Å². The van der Waals surface area contributed by atoms with Crippen molar-refractivity contribution in [2.24, 2.45) is 0 Å². The fraction of sp³-hybridized carbons (Fsp3) is 0.310. The molecule has 38 heavy (non-hydrogen) atoms. The number of amides is 2. The second-order valence-corrected chi connectivity index (χ2v) is 11.6. The quantitative estimate of drug-likeness (QED) is 0.353. The Kier molecular flexibility index (Phi) is 9.94. The van der Waals surface area contributed by atoms with Crippen LogP contribution in [-0.4, -0.2) is 43.8 Å². The molecule has 3 aromatic rings. The third-order valence-electron chi connectivity index (χ3n) is 6.31. The molecule has 0 bridgehead atoms. The van der Waals surface area contributed by atoms with Crippen LogP contribution in [0.4, 0.5) is 5.69 Å². The van der Waals surface area contributed by atoms with Gasteiger partial charge in [-0.2, -0.15) is 0 Å². The van der Waals surface area contributed by atoms with Gasteiger partial charge in [0, 0.05) is 17.6 Å². The molecular weight excluding hydrogens is 522 g/mol. The Morgan fingerprint density at radius 1 is 0.947 bits per heavy atom. The highest BCUT2D eigenvalue weighted by molar-refractivity contribution is 7.92. The first-order valence-corrected chi connectivity index (χ1v) is 14.3. The zero-order chi connectivity index (χ0) is 27.9. The normalized spacial score (nSPS) is 12.9. The van der Waals surface area contributed by atoms with Crippen molar-refractivity contribution in [3.8, 4) is 0 Å². The monoisotopic (exact) mass is 555 g/mol. The Morgan fingerprint density at radius 3 is 2.26 bits per heavy atom. The predicted molar refractivity (Wildman–Crippen MR) is 152 cm³/mol. The van der Waals surface area contributed by atoms with Crippen molar-refractivity contribution < 1.29 is 18.0 Å². The number of sulfonamides is 1. The molecule has 9 heteroatoms. The highest BCUT2D eigenvalue weighted by Gasteiger charge is 2.32. The van der Waals surface area contributed by atoms with Gasteiger partial charge in [0.15, 0.2) is 0 Å². The molecule has 0 radical (unpaired) electrons. The zero-order valence-corrected chi connectivity index (χ0v) is 23.7. The van der Waals surface area contributed by atoms with E-state index in [1.165, 1.54) is 17.0 Å². The number of benzene rings is 3. The van der Waals surface area contributed by atoms with Crippen molar-refractivity contribution >= 4 is 39.1 Å². The highest BCUT2D eigenvalue weighted by atomic mass is 35.5. The average Bonchev–Trinajstić information content (AvgIpc) is 2.90. The fourth-order valence-corrected chi connectivity index (χ4v) is 5.55. The second-order valence-electron chi connectivity index (χ2n) is 9.31. The zero-order valence-electron chi connectivity index (χ0n) is 22.1. The van der Waals surface area contributed by atoms with Crippen molar-refractivity contribution in [1.82, 2.24) is 10.2 Å². The molecule has 2 atom stereocenters. The summed E-state index contributed by atoms with van der Waals surface area (Å²) in [6.07, 6.45) is 0.733. The first kappa shape index (κ1) is 29.2. The number of anilines is 1. The van der Waals surface area contributed by atoms with Gasteiger partial charge < -0.3 is 10.2 Å². The first-order chi connectivity index (χ1) is 18.0. The van der Waals surface area contributed by atoms with Gasteiger partial charge in [0.2, 0.25) is 11.8 Å². The van der Waals surface area contributed by atoms with E-state index in [2.05, 4.69) is 5.32 Å². The van der Waals surface area contributed by atoms with E-state index in [1.807, 2.05) is 32.9 Å². The number of carbonyl (C=O) groups excluding carboxylic acids is 2. The van der Waals surface area contributed by atoms with Crippen LogP contribution in [0.25, 0.3) is 0 Å². The molecule has 0 aromatic heterocycles. The summed E-state index contributed by atoms with van der Waals surface area (Å²) in [4.78, 5) is 28.4. The molecule has 0 spiro atoms. The Labute approximate surface area is 230 Å². The minimum Gasteiger partial charge on any atom is -0.352 e. The molecule has 0 fully saturated rings. The molecule has 0 aliphatic carbocycles. The maximum absolute atomic E-state index is 13.9. The van der Waals surface area contributed by atoms with Crippen molar-refractivity contribution in [3.05, 3.63) is 95.0 Å². The second kappa shape index (κ2) is 12.9. The minimum absolute atomic E-state index is 0.0678. The summed E-state index contributed by atoms with van der Waals surface area (Å²) in [6, 6.07) is 21.1. The predicted octanol–water partition coefficient (Wildman–Crippen LogP) is 5.18. The molecule has 0 aliphatic rings. The lowest BCUT2D eigenvalue weighted by Crippen LogP contribution is -2.52. The van der Waals surface area contributed by atoms with Gasteiger partial charge in [0.05, 0.1) is 10.6 Å². The maximum Gasteiger partial charge on any atom is 0.264 e. The summed E-state index contributed by atoms with van der Waals surface area (Å²) >= 11 is 6.17. The van der Waals surface area contributed by atoms with Crippen LogP contribution in [0.1, 0.15) is 38.3 Å². The van der Waals surface area contributed by atoms with Gasteiger partial charge in [-0.3, -0.25) is 13.9 Å². The Morgan fingerprint density at radius 2 is 1.63 bits per heavy atom. The van der Waals surface area contributed by atoms with Crippen molar-refractivity contribution in [3.63, 3.8) is 0 Å². The number of rotatable bonds is 11. The number of hydrogen-bond donors (Lipinski definition) is 1. The third-order valence-corrected chi connectivity index (χ3v) is 8.33. The average molecular weight is 556 g/mol. The molecule has 0 unspecified atom stereocenters. The number of carbonyl (C=O) groups is 2. The number of halogens is 1. The van der Waals surface area contributed by atoms with Gasteiger partial charge >= 0.3 is 0 Å². The van der Waals surface area contributed by atoms with Gasteiger partial charge in [0.25, 0.3) is 10.0 Å². The molecule has 202 valence electrons. The third kappa shape index (κ3) is 7.36. The molecule has 0 aliphatic heterocycles. The highest BCUT2D eigenvalue weighted by Crippen LogP contribution is 2.25. The van der Waals surface area contributed by atoms with Gasteiger partial charge in [-0.1, -0.05) is 61.0 Å². The van der Waals surface area contributed by atoms with Crippen LogP contribution in [0, 0.1) is 6.92 Å². The smallest absolute Gasteiger partial charge is 0.264 e. The van der Waals surface area contributed by atoms with Crippen LogP contribution in [0.5, 0.6) is 0 Å². The fourth-order valence-electron chi connectivity index (χ4n) is 3.91. The van der Waals surface area contributed by atoms with Gasteiger partial charge in [-0.25, -0.2) is 8.42 Å². The number of nitrogens with one attached hydrogen (secondary N) is 1.